The van der Waals surface area contributed by atoms with Gasteiger partial charge in [-0.25, -0.2) is 8.78 Å². The van der Waals surface area contributed by atoms with Crippen LogP contribution in [0.15, 0.2) is 23.1 Å². The van der Waals surface area contributed by atoms with E-state index in [9.17, 15) is 18.7 Å². The Kier molecular flexibility index (Phi) is 5.31. The number of nitrogens with one attached hydrogen (secondary N) is 1. The van der Waals surface area contributed by atoms with Crippen LogP contribution in [0.4, 0.5) is 8.78 Å². The molecule has 0 saturated heterocycles. The molecule has 1 unspecified atom stereocenters. The maximum atomic E-state index is 13.3. The number of rotatable bonds is 5. The molecule has 19 heavy (non-hydrogen) atoms. The molecular weight excluding hydrogens is 272 g/mol. The van der Waals surface area contributed by atoms with Gasteiger partial charge in [0.15, 0.2) is 0 Å². The minimum atomic E-state index is -0.751. The molecule has 0 heterocycles. The van der Waals surface area contributed by atoms with Crippen molar-refractivity contribution in [3.05, 3.63) is 29.8 Å². The van der Waals surface area contributed by atoms with Crippen molar-refractivity contribution in [2.75, 3.05) is 5.75 Å². The average molecular weight is 289 g/mol. The molecule has 0 aliphatic rings. The Hall–Kier alpha value is -1.14. The molecule has 1 atom stereocenters. The van der Waals surface area contributed by atoms with E-state index in [4.69, 9.17) is 0 Å². The Bertz CT molecular complexity index is 464. The predicted octanol–water partition coefficient (Wildman–Crippen LogP) is 2.33. The first-order valence-electron chi connectivity index (χ1n) is 5.79. The van der Waals surface area contributed by atoms with Crippen LogP contribution in [0.3, 0.4) is 0 Å². The Balaban J connectivity index is 2.55. The highest BCUT2D eigenvalue weighted by molar-refractivity contribution is 8.00. The van der Waals surface area contributed by atoms with Gasteiger partial charge in [0.05, 0.1) is 17.4 Å². The van der Waals surface area contributed by atoms with Crippen molar-refractivity contribution in [2.24, 2.45) is 0 Å². The minimum absolute atomic E-state index is 0.00129. The lowest BCUT2D eigenvalue weighted by Crippen LogP contribution is -2.51. The molecule has 0 spiro atoms. The zero-order valence-electron chi connectivity index (χ0n) is 11.0. The molecule has 1 aromatic rings. The zero-order chi connectivity index (χ0) is 14.6. The number of carbonyl (C=O) groups excluding carboxylic acids is 1. The van der Waals surface area contributed by atoms with Crippen LogP contribution in [-0.2, 0) is 4.79 Å². The third kappa shape index (κ3) is 4.80. The van der Waals surface area contributed by atoms with Gasteiger partial charge in [0, 0.05) is 11.0 Å². The quantitative estimate of drug-likeness (QED) is 0.818. The van der Waals surface area contributed by atoms with Crippen molar-refractivity contribution < 1.29 is 18.7 Å². The summed E-state index contributed by atoms with van der Waals surface area (Å²) in [7, 11) is 0. The summed E-state index contributed by atoms with van der Waals surface area (Å²) in [6.45, 7) is 4.96. The minimum Gasteiger partial charge on any atom is -0.391 e. The fraction of sp³-hybridized carbons (Fsp3) is 0.462. The molecule has 0 radical (unpaired) electrons. The number of aliphatic hydroxyl groups is 1. The number of carbonyl (C=O) groups is 1. The number of thioether (sulfide) groups is 1. The van der Waals surface area contributed by atoms with Gasteiger partial charge in [0.25, 0.3) is 0 Å². The van der Waals surface area contributed by atoms with Crippen molar-refractivity contribution in [3.8, 4) is 0 Å². The van der Waals surface area contributed by atoms with Gasteiger partial charge in [-0.3, -0.25) is 4.79 Å². The highest BCUT2D eigenvalue weighted by atomic mass is 32.2. The van der Waals surface area contributed by atoms with Gasteiger partial charge in [-0.1, -0.05) is 0 Å². The molecule has 6 heteroatoms. The highest BCUT2D eigenvalue weighted by Gasteiger charge is 2.25. The molecule has 2 N–H and O–H groups in total. The number of halogens is 2. The molecule has 1 aromatic carbocycles. The van der Waals surface area contributed by atoms with E-state index in [1.807, 2.05) is 0 Å². The maximum absolute atomic E-state index is 13.3. The molecule has 106 valence electrons. The van der Waals surface area contributed by atoms with Crippen LogP contribution < -0.4 is 5.32 Å². The van der Waals surface area contributed by atoms with Crippen LogP contribution in [0, 0.1) is 11.6 Å². The summed E-state index contributed by atoms with van der Waals surface area (Å²) in [4.78, 5) is 11.9. The summed E-state index contributed by atoms with van der Waals surface area (Å²) in [5, 5.41) is 12.1. The molecule has 0 bridgehead atoms. The molecule has 0 saturated carbocycles. The van der Waals surface area contributed by atoms with Crippen molar-refractivity contribution in [3.63, 3.8) is 0 Å². The number of benzene rings is 1. The first-order valence-corrected chi connectivity index (χ1v) is 6.78. The first-order chi connectivity index (χ1) is 8.72. The molecule has 0 aliphatic heterocycles. The summed E-state index contributed by atoms with van der Waals surface area (Å²) < 4.78 is 26.0. The van der Waals surface area contributed by atoms with Gasteiger partial charge >= 0.3 is 0 Å². The van der Waals surface area contributed by atoms with Crippen LogP contribution in [0.5, 0.6) is 0 Å². The van der Waals surface area contributed by atoms with Crippen LogP contribution in [0.2, 0.25) is 0 Å². The zero-order valence-corrected chi connectivity index (χ0v) is 11.9. The molecule has 1 rings (SSSR count). The lowest BCUT2D eigenvalue weighted by molar-refractivity contribution is -0.121. The topological polar surface area (TPSA) is 49.3 Å². The second kappa shape index (κ2) is 6.34. The van der Waals surface area contributed by atoms with E-state index in [2.05, 4.69) is 5.32 Å². The summed E-state index contributed by atoms with van der Waals surface area (Å²) in [5.74, 6) is -1.66. The summed E-state index contributed by atoms with van der Waals surface area (Å²) in [6.07, 6.45) is -0.705. The van der Waals surface area contributed by atoms with Crippen LogP contribution in [-0.4, -0.2) is 28.4 Å². The third-order valence-electron chi connectivity index (χ3n) is 2.76. The number of aliphatic hydroxyl groups excluding tert-OH is 1. The van der Waals surface area contributed by atoms with Crippen molar-refractivity contribution in [1.82, 2.24) is 5.32 Å². The lowest BCUT2D eigenvalue weighted by Gasteiger charge is -2.29. The van der Waals surface area contributed by atoms with Gasteiger partial charge in [-0.15, -0.1) is 11.8 Å². The number of hydrogen-bond acceptors (Lipinski definition) is 3. The van der Waals surface area contributed by atoms with Crippen LogP contribution in [0.1, 0.15) is 20.8 Å². The fourth-order valence-corrected chi connectivity index (χ4v) is 1.96. The van der Waals surface area contributed by atoms with E-state index in [0.29, 0.717) is 0 Å². The monoisotopic (exact) mass is 289 g/mol. The first kappa shape index (κ1) is 15.9. The Morgan fingerprint density at radius 3 is 2.63 bits per heavy atom. The van der Waals surface area contributed by atoms with E-state index in [-0.39, 0.29) is 16.6 Å². The van der Waals surface area contributed by atoms with E-state index >= 15 is 0 Å². The van der Waals surface area contributed by atoms with E-state index < -0.39 is 23.3 Å². The summed E-state index contributed by atoms with van der Waals surface area (Å²) in [6, 6.07) is 3.21. The van der Waals surface area contributed by atoms with Gasteiger partial charge in [0.1, 0.15) is 11.6 Å². The normalized spacial score (nSPS) is 13.2. The second-order valence-corrected chi connectivity index (χ2v) is 5.83. The van der Waals surface area contributed by atoms with Gasteiger partial charge in [-0.05, 0) is 32.9 Å². The second-order valence-electron chi connectivity index (χ2n) is 4.81. The van der Waals surface area contributed by atoms with E-state index in [1.165, 1.54) is 6.07 Å². The van der Waals surface area contributed by atoms with Gasteiger partial charge in [0.2, 0.25) is 5.91 Å². The molecule has 0 aliphatic carbocycles. The molecule has 0 fully saturated rings. The van der Waals surface area contributed by atoms with E-state index in [0.717, 1.165) is 23.9 Å². The smallest absolute Gasteiger partial charge is 0.230 e. The summed E-state index contributed by atoms with van der Waals surface area (Å²) >= 11 is 0.981. The van der Waals surface area contributed by atoms with Gasteiger partial charge in [-0.2, -0.15) is 0 Å². The van der Waals surface area contributed by atoms with Crippen molar-refractivity contribution in [2.45, 2.75) is 37.3 Å². The SMILES string of the molecule is CC(O)C(C)(C)NC(=O)CSc1ccc(F)cc1F. The third-order valence-corrected chi connectivity index (χ3v) is 3.81. The van der Waals surface area contributed by atoms with Crippen molar-refractivity contribution >= 4 is 17.7 Å². The lowest BCUT2D eigenvalue weighted by atomic mass is 9.99. The van der Waals surface area contributed by atoms with E-state index in [1.54, 1.807) is 20.8 Å². The standard InChI is InChI=1S/C13H17F2NO2S/c1-8(17)13(2,3)16-12(18)7-19-11-5-4-9(14)6-10(11)15/h4-6,8,17H,7H2,1-3H3,(H,16,18). The predicted molar refractivity (Wildman–Crippen MR) is 71.0 cm³/mol. The Morgan fingerprint density at radius 1 is 1.47 bits per heavy atom. The molecule has 1 amide bonds. The molecule has 0 aromatic heterocycles. The Morgan fingerprint density at radius 2 is 2.11 bits per heavy atom. The number of amides is 1. The highest BCUT2D eigenvalue weighted by Crippen LogP contribution is 2.22. The van der Waals surface area contributed by atoms with Crippen LogP contribution >= 0.6 is 11.8 Å². The average Bonchev–Trinajstić information content (AvgIpc) is 2.27. The van der Waals surface area contributed by atoms with Gasteiger partial charge < -0.3 is 10.4 Å². The largest absolute Gasteiger partial charge is 0.391 e. The van der Waals surface area contributed by atoms with Crippen LogP contribution in [0.25, 0.3) is 0 Å². The van der Waals surface area contributed by atoms with Crippen molar-refractivity contribution in [1.29, 1.82) is 0 Å². The maximum Gasteiger partial charge on any atom is 0.230 e. The summed E-state index contributed by atoms with van der Waals surface area (Å²) in [5.41, 5.74) is -0.751. The molecular formula is C13H17F2NO2S. The number of hydrogen-bond donors (Lipinski definition) is 2. The Labute approximate surface area is 115 Å². The molecule has 3 nitrogen and oxygen atoms in total. The fourth-order valence-electron chi connectivity index (χ4n) is 1.24.